The first-order valence-electron chi connectivity index (χ1n) is 7.74. The Bertz CT molecular complexity index is 961. The van der Waals surface area contributed by atoms with Crippen LogP contribution in [-0.4, -0.2) is 17.7 Å². The van der Waals surface area contributed by atoms with Gasteiger partial charge in [0.15, 0.2) is 0 Å². The van der Waals surface area contributed by atoms with Gasteiger partial charge < -0.3 is 9.84 Å². The van der Waals surface area contributed by atoms with Gasteiger partial charge in [0.25, 0.3) is 0 Å². The van der Waals surface area contributed by atoms with Crippen molar-refractivity contribution in [2.75, 3.05) is 6.61 Å². The minimum Gasteiger partial charge on any atom is -0.493 e. The van der Waals surface area contributed by atoms with Gasteiger partial charge in [-0.1, -0.05) is 19.1 Å². The number of ether oxygens (including phenoxy) is 1. The highest BCUT2D eigenvalue weighted by molar-refractivity contribution is 7.21. The third kappa shape index (κ3) is 2.45. The van der Waals surface area contributed by atoms with Crippen molar-refractivity contribution in [2.45, 2.75) is 13.3 Å². The van der Waals surface area contributed by atoms with Crippen LogP contribution in [0, 0.1) is 11.7 Å². The number of thiophene rings is 1. The third-order valence-corrected chi connectivity index (χ3v) is 5.43. The van der Waals surface area contributed by atoms with Gasteiger partial charge in [-0.05, 0) is 47.7 Å². The highest BCUT2D eigenvalue weighted by Gasteiger charge is 2.22. The maximum Gasteiger partial charge on any atom is 0.346 e. The molecule has 0 spiro atoms. The summed E-state index contributed by atoms with van der Waals surface area (Å²) >= 11 is 1.10. The molecule has 1 unspecified atom stereocenters. The van der Waals surface area contributed by atoms with E-state index < -0.39 is 5.97 Å². The highest BCUT2D eigenvalue weighted by atomic mass is 32.1. The smallest absolute Gasteiger partial charge is 0.346 e. The number of aromatic carboxylic acids is 1. The first-order chi connectivity index (χ1) is 11.5. The quantitative estimate of drug-likeness (QED) is 0.715. The Morgan fingerprint density at radius 1 is 1.29 bits per heavy atom. The second kappa shape index (κ2) is 5.60. The molecule has 1 atom stereocenters. The zero-order valence-electron chi connectivity index (χ0n) is 13.0. The van der Waals surface area contributed by atoms with Crippen molar-refractivity contribution < 1.29 is 19.0 Å². The van der Waals surface area contributed by atoms with Gasteiger partial charge in [0.2, 0.25) is 0 Å². The van der Waals surface area contributed by atoms with Crippen molar-refractivity contribution in [2.24, 2.45) is 5.92 Å². The molecule has 0 saturated carbocycles. The minimum atomic E-state index is -1.00. The maximum absolute atomic E-state index is 13.5. The summed E-state index contributed by atoms with van der Waals surface area (Å²) in [6.45, 7) is 2.80. The van der Waals surface area contributed by atoms with Crippen molar-refractivity contribution >= 4 is 27.4 Å². The van der Waals surface area contributed by atoms with E-state index in [0.717, 1.165) is 40.0 Å². The first-order valence-corrected chi connectivity index (χ1v) is 8.56. The van der Waals surface area contributed by atoms with Gasteiger partial charge >= 0.3 is 5.97 Å². The van der Waals surface area contributed by atoms with Crippen molar-refractivity contribution in [3.8, 4) is 16.9 Å². The van der Waals surface area contributed by atoms with E-state index in [1.807, 2.05) is 18.2 Å². The van der Waals surface area contributed by atoms with Gasteiger partial charge in [0.1, 0.15) is 16.4 Å². The fraction of sp³-hybridized carbons (Fsp3) is 0.211. The molecule has 5 heteroatoms. The fourth-order valence-corrected chi connectivity index (χ4v) is 4.28. The Hall–Kier alpha value is -2.40. The normalized spacial score (nSPS) is 16.7. The molecule has 2 aromatic carbocycles. The molecular weight excluding hydrogens is 327 g/mol. The molecule has 0 saturated heterocycles. The summed E-state index contributed by atoms with van der Waals surface area (Å²) in [7, 11) is 0. The summed E-state index contributed by atoms with van der Waals surface area (Å²) in [5.74, 6) is -0.0832. The lowest BCUT2D eigenvalue weighted by Gasteiger charge is -2.23. The first kappa shape index (κ1) is 15.1. The molecule has 0 amide bonds. The number of halogens is 1. The van der Waals surface area contributed by atoms with Crippen LogP contribution >= 0.6 is 11.3 Å². The molecule has 3 nitrogen and oxygen atoms in total. The molecule has 0 radical (unpaired) electrons. The fourth-order valence-electron chi connectivity index (χ4n) is 3.19. The molecule has 2 heterocycles. The highest BCUT2D eigenvalue weighted by Crippen LogP contribution is 2.41. The number of fused-ring (bicyclic) bond motifs is 2. The number of carboxylic acid groups (broad SMARTS) is 1. The monoisotopic (exact) mass is 342 g/mol. The number of carbonyl (C=O) groups is 1. The average molecular weight is 342 g/mol. The molecule has 122 valence electrons. The van der Waals surface area contributed by atoms with Crippen LogP contribution in [-0.2, 0) is 6.42 Å². The number of rotatable bonds is 2. The van der Waals surface area contributed by atoms with Crippen molar-refractivity contribution in [3.05, 3.63) is 52.7 Å². The summed E-state index contributed by atoms with van der Waals surface area (Å²) in [6, 6.07) is 10.2. The molecule has 0 fully saturated rings. The molecule has 0 aliphatic carbocycles. The molecule has 0 bridgehead atoms. The van der Waals surface area contributed by atoms with Crippen molar-refractivity contribution in [1.82, 2.24) is 0 Å². The Kier molecular flexibility index (Phi) is 3.53. The Morgan fingerprint density at radius 3 is 2.92 bits per heavy atom. The Labute approximate surface area is 142 Å². The van der Waals surface area contributed by atoms with E-state index in [0.29, 0.717) is 22.8 Å². The number of carboxylic acids is 1. The van der Waals surface area contributed by atoms with Gasteiger partial charge in [-0.3, -0.25) is 0 Å². The SMILES string of the molecule is CC1COc2cc(-c3c(C(=O)O)sc4cc(F)ccc34)ccc2C1. The van der Waals surface area contributed by atoms with Crippen LogP contribution in [0.25, 0.3) is 21.2 Å². The van der Waals surface area contributed by atoms with E-state index in [4.69, 9.17) is 4.74 Å². The summed E-state index contributed by atoms with van der Waals surface area (Å²) in [5, 5.41) is 10.3. The maximum atomic E-state index is 13.5. The lowest BCUT2D eigenvalue weighted by Crippen LogP contribution is -2.17. The van der Waals surface area contributed by atoms with Gasteiger partial charge in [-0.2, -0.15) is 0 Å². The van der Waals surface area contributed by atoms with E-state index >= 15 is 0 Å². The van der Waals surface area contributed by atoms with E-state index in [1.54, 1.807) is 6.07 Å². The topological polar surface area (TPSA) is 46.5 Å². The van der Waals surface area contributed by atoms with Crippen molar-refractivity contribution in [3.63, 3.8) is 0 Å². The third-order valence-electron chi connectivity index (χ3n) is 4.29. The van der Waals surface area contributed by atoms with Crippen LogP contribution in [0.5, 0.6) is 5.75 Å². The molecule has 1 N–H and O–H groups in total. The van der Waals surface area contributed by atoms with Gasteiger partial charge in [-0.15, -0.1) is 11.3 Å². The van der Waals surface area contributed by atoms with Gasteiger partial charge in [0.05, 0.1) is 6.61 Å². The molecule has 1 aromatic heterocycles. The standard InChI is InChI=1S/C19H15FO3S/c1-10-6-11-2-3-12(7-15(11)23-9-10)17-14-5-4-13(20)8-16(14)24-18(17)19(21)22/h2-5,7-8,10H,6,9H2,1H3,(H,21,22). The van der Waals surface area contributed by atoms with E-state index in [9.17, 15) is 14.3 Å². The molecule has 24 heavy (non-hydrogen) atoms. The minimum absolute atomic E-state index is 0.222. The lowest BCUT2D eigenvalue weighted by molar-refractivity contribution is 0.0703. The number of benzene rings is 2. The largest absolute Gasteiger partial charge is 0.493 e. The second-order valence-electron chi connectivity index (χ2n) is 6.19. The van der Waals surface area contributed by atoms with Crippen LogP contribution in [0.4, 0.5) is 4.39 Å². The molecule has 3 aromatic rings. The summed E-state index contributed by atoms with van der Waals surface area (Å²) < 4.78 is 19.9. The van der Waals surface area contributed by atoms with Crippen LogP contribution in [0.2, 0.25) is 0 Å². The molecule has 1 aliphatic heterocycles. The second-order valence-corrected chi connectivity index (χ2v) is 7.25. The molecular formula is C19H15FO3S. The average Bonchev–Trinajstić information content (AvgIpc) is 2.93. The molecule has 1 aliphatic rings. The Morgan fingerprint density at radius 2 is 2.12 bits per heavy atom. The molecule has 4 rings (SSSR count). The van der Waals surface area contributed by atoms with Crippen LogP contribution < -0.4 is 4.74 Å². The van der Waals surface area contributed by atoms with E-state index in [2.05, 4.69) is 6.92 Å². The summed E-state index contributed by atoms with van der Waals surface area (Å²) in [5.41, 5.74) is 2.56. The van der Waals surface area contributed by atoms with Crippen LogP contribution in [0.3, 0.4) is 0 Å². The number of hydrogen-bond acceptors (Lipinski definition) is 3. The van der Waals surface area contributed by atoms with E-state index in [-0.39, 0.29) is 10.7 Å². The summed E-state index contributed by atoms with van der Waals surface area (Å²) in [4.78, 5) is 11.9. The zero-order valence-corrected chi connectivity index (χ0v) is 13.8. The van der Waals surface area contributed by atoms with E-state index in [1.165, 1.54) is 12.1 Å². The summed E-state index contributed by atoms with van der Waals surface area (Å²) in [6.07, 6.45) is 0.955. The zero-order chi connectivity index (χ0) is 16.8. The predicted octanol–water partition coefficient (Wildman–Crippen LogP) is 4.98. The van der Waals surface area contributed by atoms with Crippen LogP contribution in [0.15, 0.2) is 36.4 Å². The number of hydrogen-bond donors (Lipinski definition) is 1. The van der Waals surface area contributed by atoms with Gasteiger partial charge in [0, 0.05) is 15.6 Å². The Balaban J connectivity index is 1.93. The van der Waals surface area contributed by atoms with Gasteiger partial charge in [-0.25, -0.2) is 9.18 Å². The predicted molar refractivity (Wildman–Crippen MR) is 92.5 cm³/mol. The van der Waals surface area contributed by atoms with Crippen molar-refractivity contribution in [1.29, 1.82) is 0 Å². The van der Waals surface area contributed by atoms with Crippen LogP contribution in [0.1, 0.15) is 22.2 Å². The lowest BCUT2D eigenvalue weighted by atomic mass is 9.94.